The number of carboxylic acids is 3. The van der Waals surface area contributed by atoms with Crippen LogP contribution in [-0.4, -0.2) is 68.0 Å². The number of benzene rings is 4. The third-order valence-corrected chi connectivity index (χ3v) is 8.37. The highest BCUT2D eigenvalue weighted by Gasteiger charge is 2.43. The second-order valence-electron chi connectivity index (χ2n) is 13.1. The number of nitro groups is 1. The van der Waals surface area contributed by atoms with Gasteiger partial charge in [-0.25, -0.2) is 27.2 Å². The largest absolute Gasteiger partial charge is 0.480 e. The molecule has 0 aliphatic carbocycles. The van der Waals surface area contributed by atoms with E-state index in [9.17, 15) is 71.8 Å². The van der Waals surface area contributed by atoms with Crippen molar-refractivity contribution < 1.29 is 71.3 Å². The Balaban J connectivity index is 0.000000324. The Kier molecular flexibility index (Phi) is 16.7. The highest BCUT2D eigenvalue weighted by molar-refractivity contribution is 6.14. The van der Waals surface area contributed by atoms with Gasteiger partial charge in [-0.15, -0.1) is 0 Å². The van der Waals surface area contributed by atoms with Crippen LogP contribution in [0.4, 0.5) is 28.0 Å². The lowest BCUT2D eigenvalue weighted by Gasteiger charge is -2.22. The van der Waals surface area contributed by atoms with Gasteiger partial charge >= 0.3 is 24.0 Å². The molecule has 0 aliphatic rings. The number of nitro benzene ring substituents is 1. The molecule has 15 nitrogen and oxygen atoms in total. The number of halogens is 4. The number of alkyl carbamates (subject to hydrolysis) is 1. The van der Waals surface area contributed by atoms with Crippen LogP contribution in [0, 0.1) is 39.3 Å². The third-order valence-electron chi connectivity index (χ3n) is 8.37. The summed E-state index contributed by atoms with van der Waals surface area (Å²) >= 11 is 0. The van der Waals surface area contributed by atoms with Gasteiger partial charge in [0, 0.05) is 29.7 Å². The monoisotopic (exact) mass is 827 g/mol. The zero-order valence-electron chi connectivity index (χ0n) is 31.1. The predicted octanol–water partition coefficient (Wildman–Crippen LogP) is 5.90. The van der Waals surface area contributed by atoms with Crippen molar-refractivity contribution in [1.29, 1.82) is 0 Å². The first kappa shape index (κ1) is 46.2. The smallest absolute Gasteiger partial charge is 0.408 e. The number of carbonyl (C=O) groups excluding carboxylic acids is 3. The Morgan fingerprint density at radius 1 is 0.644 bits per heavy atom. The molecule has 0 fully saturated rings. The number of amides is 2. The maximum Gasteiger partial charge on any atom is 0.408 e. The average molecular weight is 828 g/mol. The number of carboxylic acid groups (broad SMARTS) is 3. The third kappa shape index (κ3) is 13.2. The number of nitrogens with one attached hydrogen (secondary N) is 2. The zero-order valence-corrected chi connectivity index (χ0v) is 31.1. The SMILES string of the molecule is CC(C)C[C@H](NC(=O)OCc1ccc([N+](=O)[O-])cc1)C(=O)N[C@@H](Cc1ccccc1)C(=O)O.O=C(O)C(C(=O)C(C(=O)O)c1c(F)cccc1F)c1c(F)cccc1F. The second-order valence-corrected chi connectivity index (χ2v) is 13.1. The summed E-state index contributed by atoms with van der Waals surface area (Å²) in [6, 6.07) is 16.7. The standard InChI is InChI=1S/C23H27N3O7.C17H10F4O5/c1-15(2)12-19(21(27)24-20(22(28)29)13-16-6-4-3-5-7-16)25-23(30)33-14-17-8-10-18(11-9-17)26(31)32;18-7-3-1-4-8(19)11(7)13(16(23)24)15(22)14(17(25)26)12-9(20)5-2-6-10(12)21/h3-11,15,19-20H,12-14H2,1-2H3,(H,24,27)(H,25,30)(H,28,29);1-6,13-14H,(H,23,24)(H,25,26)/t19-,20-;/m0./s1. The molecule has 0 aliphatic heterocycles. The topological polar surface area (TPSA) is 240 Å². The molecular formula is C40H37F4N3O12. The number of non-ortho nitro benzene ring substituents is 1. The van der Waals surface area contributed by atoms with E-state index >= 15 is 0 Å². The van der Waals surface area contributed by atoms with Crippen molar-refractivity contribution in [2.45, 2.75) is 57.2 Å². The fourth-order valence-electron chi connectivity index (χ4n) is 5.59. The molecule has 0 saturated heterocycles. The van der Waals surface area contributed by atoms with E-state index in [-0.39, 0.29) is 31.1 Å². The summed E-state index contributed by atoms with van der Waals surface area (Å²) < 4.78 is 60.7. The molecule has 0 saturated carbocycles. The van der Waals surface area contributed by atoms with Crippen molar-refractivity contribution in [1.82, 2.24) is 10.6 Å². The summed E-state index contributed by atoms with van der Waals surface area (Å²) in [7, 11) is 0. The van der Waals surface area contributed by atoms with Gasteiger partial charge < -0.3 is 30.7 Å². The summed E-state index contributed by atoms with van der Waals surface area (Å²) in [6.07, 6.45) is -0.485. The van der Waals surface area contributed by atoms with Crippen LogP contribution in [0.2, 0.25) is 0 Å². The van der Waals surface area contributed by atoms with Crippen LogP contribution in [0.15, 0.2) is 91.0 Å². The number of rotatable bonds is 17. The number of nitrogens with zero attached hydrogens (tertiary/aromatic N) is 1. The van der Waals surface area contributed by atoms with Crippen LogP contribution in [-0.2, 0) is 41.7 Å². The Hall–Kier alpha value is -7.18. The van der Waals surface area contributed by atoms with Gasteiger partial charge in [-0.2, -0.15) is 0 Å². The fourth-order valence-corrected chi connectivity index (χ4v) is 5.59. The number of ketones is 1. The predicted molar refractivity (Wildman–Crippen MR) is 198 cm³/mol. The van der Waals surface area contributed by atoms with Gasteiger partial charge in [-0.3, -0.25) is 29.3 Å². The van der Waals surface area contributed by atoms with Crippen molar-refractivity contribution in [3.05, 3.63) is 147 Å². The molecule has 0 heterocycles. The Labute approximate surface area is 332 Å². The van der Waals surface area contributed by atoms with Gasteiger partial charge in [-0.05, 0) is 59.9 Å². The molecule has 4 aromatic rings. The average Bonchev–Trinajstić information content (AvgIpc) is 3.16. The van der Waals surface area contributed by atoms with Gasteiger partial charge in [0.1, 0.15) is 53.8 Å². The number of ether oxygens (including phenoxy) is 1. The van der Waals surface area contributed by atoms with Crippen LogP contribution >= 0.6 is 0 Å². The maximum absolute atomic E-state index is 13.9. The lowest BCUT2D eigenvalue weighted by molar-refractivity contribution is -0.384. The first-order valence-electron chi connectivity index (χ1n) is 17.4. The van der Waals surface area contributed by atoms with Gasteiger partial charge in [0.15, 0.2) is 5.78 Å². The molecule has 4 atom stereocenters. The van der Waals surface area contributed by atoms with E-state index in [2.05, 4.69) is 10.6 Å². The van der Waals surface area contributed by atoms with Gasteiger partial charge in [-0.1, -0.05) is 56.3 Å². The maximum atomic E-state index is 13.9. The number of hydrogen-bond acceptors (Lipinski definition) is 9. The van der Waals surface area contributed by atoms with Crippen molar-refractivity contribution >= 4 is 41.4 Å². The molecule has 0 radical (unpaired) electrons. The van der Waals surface area contributed by atoms with Crippen LogP contribution in [0.1, 0.15) is 54.4 Å². The second kappa shape index (κ2) is 21.4. The van der Waals surface area contributed by atoms with Crippen molar-refractivity contribution in [3.8, 4) is 0 Å². The van der Waals surface area contributed by atoms with Gasteiger partial charge in [0.25, 0.3) is 5.69 Å². The molecule has 4 aromatic carbocycles. The Morgan fingerprint density at radius 2 is 1.12 bits per heavy atom. The summed E-state index contributed by atoms with van der Waals surface area (Å²) in [6.45, 7) is 3.58. The molecule has 0 bridgehead atoms. The van der Waals surface area contributed by atoms with Crippen LogP contribution in [0.5, 0.6) is 0 Å². The highest BCUT2D eigenvalue weighted by atomic mass is 19.1. The van der Waals surface area contributed by atoms with Gasteiger partial charge in [0.2, 0.25) is 5.91 Å². The number of aliphatic carboxylic acids is 3. The minimum absolute atomic E-state index is 0.0353. The molecule has 0 aromatic heterocycles. The summed E-state index contributed by atoms with van der Waals surface area (Å²) in [5.41, 5.74) is -1.23. The summed E-state index contributed by atoms with van der Waals surface area (Å²) in [5.74, 6) is -18.6. The number of hydrogen-bond donors (Lipinski definition) is 5. The van der Waals surface area contributed by atoms with E-state index in [0.717, 1.165) is 17.7 Å². The number of carbonyl (C=O) groups is 6. The Bertz CT molecular complexity index is 2060. The molecule has 59 heavy (non-hydrogen) atoms. The summed E-state index contributed by atoms with van der Waals surface area (Å²) in [5, 5.41) is 43.7. The Morgan fingerprint density at radius 3 is 1.53 bits per heavy atom. The lowest BCUT2D eigenvalue weighted by Crippen LogP contribution is -2.52. The summed E-state index contributed by atoms with van der Waals surface area (Å²) in [4.78, 5) is 82.3. The normalized spacial score (nSPS) is 12.7. The molecule has 2 amide bonds. The molecule has 5 N–H and O–H groups in total. The van der Waals surface area contributed by atoms with E-state index in [1.165, 1.54) is 24.3 Å². The van der Waals surface area contributed by atoms with Crippen LogP contribution in [0.3, 0.4) is 0 Å². The van der Waals surface area contributed by atoms with E-state index in [1.807, 2.05) is 19.9 Å². The van der Waals surface area contributed by atoms with Crippen molar-refractivity contribution in [2.75, 3.05) is 0 Å². The van der Waals surface area contributed by atoms with Crippen LogP contribution in [0.25, 0.3) is 0 Å². The highest BCUT2D eigenvalue weighted by Crippen LogP contribution is 2.33. The fraction of sp³-hybridized carbons (Fsp3) is 0.250. The molecular weight excluding hydrogens is 790 g/mol. The molecule has 19 heteroatoms. The molecule has 312 valence electrons. The van der Waals surface area contributed by atoms with Crippen molar-refractivity contribution in [2.24, 2.45) is 5.92 Å². The lowest BCUT2D eigenvalue weighted by atomic mass is 9.83. The minimum Gasteiger partial charge on any atom is -0.480 e. The van der Waals surface area contributed by atoms with E-state index in [4.69, 9.17) is 4.74 Å². The zero-order chi connectivity index (χ0) is 44.0. The molecule has 0 spiro atoms. The first-order chi connectivity index (χ1) is 27.8. The first-order valence-corrected chi connectivity index (χ1v) is 17.4. The molecule has 2 unspecified atom stereocenters. The molecule has 4 rings (SSSR count). The van der Waals surface area contributed by atoms with Crippen LogP contribution < -0.4 is 10.6 Å². The number of Topliss-reactive ketones (excluding diaryl/α,β-unsaturated/α-hetero) is 1. The van der Waals surface area contributed by atoms with E-state index in [1.54, 1.807) is 24.3 Å². The quantitative estimate of drug-likeness (QED) is 0.0362. The van der Waals surface area contributed by atoms with E-state index < -0.39 is 98.9 Å². The van der Waals surface area contributed by atoms with Crippen molar-refractivity contribution in [3.63, 3.8) is 0 Å². The van der Waals surface area contributed by atoms with E-state index in [0.29, 0.717) is 29.8 Å². The minimum atomic E-state index is -2.61. The van der Waals surface area contributed by atoms with Gasteiger partial charge in [0.05, 0.1) is 4.92 Å².